The van der Waals surface area contributed by atoms with Gasteiger partial charge in [0.25, 0.3) is 0 Å². The highest BCUT2D eigenvalue weighted by atomic mass is 19.1. The van der Waals surface area contributed by atoms with Crippen LogP contribution in [0.15, 0.2) is 12.3 Å². The fraction of sp³-hybridized carbons (Fsp3) is 0.688. The first-order valence-corrected chi connectivity index (χ1v) is 7.69. The summed E-state index contributed by atoms with van der Waals surface area (Å²) in [4.78, 5) is 6.27. The smallest absolute Gasteiger partial charge is 0.170 e. The van der Waals surface area contributed by atoms with E-state index in [2.05, 4.69) is 24.1 Å². The van der Waals surface area contributed by atoms with Crippen molar-refractivity contribution >= 4 is 5.82 Å². The van der Waals surface area contributed by atoms with E-state index in [9.17, 15) is 4.39 Å². The van der Waals surface area contributed by atoms with Crippen molar-refractivity contribution in [3.8, 4) is 0 Å². The number of ether oxygens (including phenoxy) is 1. The average Bonchev–Trinajstić information content (AvgIpc) is 2.89. The second kappa shape index (κ2) is 7.71. The van der Waals surface area contributed by atoms with Gasteiger partial charge in [-0.15, -0.1) is 0 Å². The van der Waals surface area contributed by atoms with E-state index in [4.69, 9.17) is 4.74 Å². The topological polar surface area (TPSA) is 37.4 Å². The van der Waals surface area contributed by atoms with Gasteiger partial charge >= 0.3 is 0 Å². The molecule has 1 N–H and O–H groups in total. The van der Waals surface area contributed by atoms with Crippen LogP contribution in [0.4, 0.5) is 10.2 Å². The van der Waals surface area contributed by atoms with Crippen molar-refractivity contribution < 1.29 is 9.13 Å². The maximum atomic E-state index is 14.6. The summed E-state index contributed by atoms with van der Waals surface area (Å²) in [6.07, 6.45) is 2.74. The molecule has 1 unspecified atom stereocenters. The van der Waals surface area contributed by atoms with E-state index >= 15 is 0 Å². The van der Waals surface area contributed by atoms with Gasteiger partial charge in [-0.25, -0.2) is 9.37 Å². The molecule has 1 aromatic heterocycles. The standard InChI is InChI=1S/C16H26FN3O/c1-12(2)8-18-9-14-4-6-19-16(15(14)17)20-7-5-13(10-20)11-21-3/h4,6,12-13,18H,5,7-11H2,1-3H3. The van der Waals surface area contributed by atoms with Crippen molar-refractivity contribution in [1.82, 2.24) is 10.3 Å². The fourth-order valence-electron chi connectivity index (χ4n) is 2.72. The SMILES string of the molecule is COCC1CCN(c2nccc(CNCC(C)C)c2F)C1. The van der Waals surface area contributed by atoms with Crippen LogP contribution in [-0.4, -0.2) is 38.3 Å². The van der Waals surface area contributed by atoms with Gasteiger partial charge in [-0.1, -0.05) is 13.8 Å². The Labute approximate surface area is 126 Å². The summed E-state index contributed by atoms with van der Waals surface area (Å²) in [5, 5.41) is 3.28. The number of nitrogens with zero attached hydrogens (tertiary/aromatic N) is 2. The molecule has 2 heterocycles. The maximum Gasteiger partial charge on any atom is 0.170 e. The van der Waals surface area contributed by atoms with Crippen molar-refractivity contribution in [3.63, 3.8) is 0 Å². The average molecular weight is 295 g/mol. The summed E-state index contributed by atoms with van der Waals surface area (Å²) in [6.45, 7) is 8.11. The molecule has 1 aliphatic rings. The van der Waals surface area contributed by atoms with Crippen LogP contribution < -0.4 is 10.2 Å². The number of hydrogen-bond acceptors (Lipinski definition) is 4. The van der Waals surface area contributed by atoms with E-state index in [0.717, 1.165) is 32.7 Å². The Morgan fingerprint density at radius 2 is 2.33 bits per heavy atom. The molecule has 5 heteroatoms. The van der Waals surface area contributed by atoms with Crippen molar-refractivity contribution in [2.24, 2.45) is 11.8 Å². The van der Waals surface area contributed by atoms with Crippen molar-refractivity contribution in [2.45, 2.75) is 26.8 Å². The summed E-state index contributed by atoms with van der Waals surface area (Å²) in [5.74, 6) is 1.32. The predicted octanol–water partition coefficient (Wildman–Crippen LogP) is 2.44. The van der Waals surface area contributed by atoms with Crippen LogP contribution in [0, 0.1) is 17.7 Å². The fourth-order valence-corrected chi connectivity index (χ4v) is 2.72. The molecule has 1 saturated heterocycles. The lowest BCUT2D eigenvalue weighted by Gasteiger charge is -2.19. The predicted molar refractivity (Wildman–Crippen MR) is 82.9 cm³/mol. The van der Waals surface area contributed by atoms with Gasteiger partial charge in [-0.3, -0.25) is 0 Å². The summed E-state index contributed by atoms with van der Waals surface area (Å²) in [5.41, 5.74) is 0.691. The molecule has 1 aliphatic heterocycles. The number of anilines is 1. The van der Waals surface area contributed by atoms with Crippen LogP contribution in [0.25, 0.3) is 0 Å². The molecule has 0 amide bonds. The second-order valence-corrected chi connectivity index (χ2v) is 6.19. The van der Waals surface area contributed by atoms with Gasteiger partial charge < -0.3 is 15.0 Å². The molecule has 0 radical (unpaired) electrons. The van der Waals surface area contributed by atoms with Gasteiger partial charge in [0.15, 0.2) is 11.6 Å². The quantitative estimate of drug-likeness (QED) is 0.838. The lowest BCUT2D eigenvalue weighted by atomic mass is 10.1. The Balaban J connectivity index is 2.01. The van der Waals surface area contributed by atoms with E-state index in [0.29, 0.717) is 29.8 Å². The number of halogens is 1. The van der Waals surface area contributed by atoms with E-state index < -0.39 is 0 Å². The molecule has 2 rings (SSSR count). The Hall–Kier alpha value is -1.20. The van der Waals surface area contributed by atoms with Crippen LogP contribution in [0.2, 0.25) is 0 Å². The number of nitrogens with one attached hydrogen (secondary N) is 1. The third kappa shape index (κ3) is 4.38. The third-order valence-electron chi connectivity index (χ3n) is 3.81. The Kier molecular flexibility index (Phi) is 5.94. The van der Waals surface area contributed by atoms with Crippen molar-refractivity contribution in [3.05, 3.63) is 23.6 Å². The van der Waals surface area contributed by atoms with Gasteiger partial charge in [0, 0.05) is 44.4 Å². The first kappa shape index (κ1) is 16.2. The normalized spacial score (nSPS) is 18.7. The molecule has 21 heavy (non-hydrogen) atoms. The molecule has 0 aliphatic carbocycles. The highest BCUT2D eigenvalue weighted by Crippen LogP contribution is 2.26. The summed E-state index contributed by atoms with van der Waals surface area (Å²) < 4.78 is 19.8. The minimum absolute atomic E-state index is 0.188. The number of hydrogen-bond donors (Lipinski definition) is 1. The highest BCUT2D eigenvalue weighted by molar-refractivity contribution is 5.44. The van der Waals surface area contributed by atoms with Gasteiger partial charge in [0.1, 0.15) is 0 Å². The summed E-state index contributed by atoms with van der Waals surface area (Å²) >= 11 is 0. The van der Waals surface area contributed by atoms with E-state index in [1.807, 2.05) is 4.90 Å². The molecule has 0 bridgehead atoms. The van der Waals surface area contributed by atoms with Crippen LogP contribution in [0.1, 0.15) is 25.8 Å². The Bertz CT molecular complexity index is 453. The summed E-state index contributed by atoms with van der Waals surface area (Å²) in [7, 11) is 1.71. The maximum absolute atomic E-state index is 14.6. The molecule has 0 aromatic carbocycles. The monoisotopic (exact) mass is 295 g/mol. The van der Waals surface area contributed by atoms with Crippen LogP contribution in [0.3, 0.4) is 0 Å². The largest absolute Gasteiger partial charge is 0.384 e. The van der Waals surface area contributed by atoms with Crippen LogP contribution >= 0.6 is 0 Å². The summed E-state index contributed by atoms with van der Waals surface area (Å²) in [6, 6.07) is 1.76. The van der Waals surface area contributed by atoms with E-state index in [1.165, 1.54) is 0 Å². The van der Waals surface area contributed by atoms with Gasteiger partial charge in [-0.2, -0.15) is 0 Å². The van der Waals surface area contributed by atoms with Gasteiger partial charge in [0.05, 0.1) is 6.61 Å². The molecule has 1 fully saturated rings. The number of methoxy groups -OCH3 is 1. The molecule has 0 spiro atoms. The number of aromatic nitrogens is 1. The minimum Gasteiger partial charge on any atom is -0.384 e. The molecular formula is C16H26FN3O. The lowest BCUT2D eigenvalue weighted by molar-refractivity contribution is 0.161. The van der Waals surface area contributed by atoms with Crippen LogP contribution in [-0.2, 0) is 11.3 Å². The first-order chi connectivity index (χ1) is 10.1. The van der Waals surface area contributed by atoms with E-state index in [-0.39, 0.29) is 5.82 Å². The highest BCUT2D eigenvalue weighted by Gasteiger charge is 2.26. The third-order valence-corrected chi connectivity index (χ3v) is 3.81. The molecule has 4 nitrogen and oxygen atoms in total. The molecule has 118 valence electrons. The van der Waals surface area contributed by atoms with Gasteiger partial charge in [0.2, 0.25) is 0 Å². The van der Waals surface area contributed by atoms with Crippen LogP contribution in [0.5, 0.6) is 0 Å². The van der Waals surface area contributed by atoms with Gasteiger partial charge in [-0.05, 0) is 24.9 Å². The molecular weight excluding hydrogens is 269 g/mol. The number of pyridine rings is 1. The van der Waals surface area contributed by atoms with Crippen molar-refractivity contribution in [1.29, 1.82) is 0 Å². The molecule has 1 atom stereocenters. The zero-order chi connectivity index (χ0) is 15.2. The Morgan fingerprint density at radius 1 is 1.52 bits per heavy atom. The second-order valence-electron chi connectivity index (χ2n) is 6.19. The Morgan fingerprint density at radius 3 is 3.05 bits per heavy atom. The molecule has 0 saturated carbocycles. The zero-order valence-corrected chi connectivity index (χ0v) is 13.2. The number of rotatable bonds is 7. The zero-order valence-electron chi connectivity index (χ0n) is 13.2. The van der Waals surface area contributed by atoms with E-state index in [1.54, 1.807) is 19.4 Å². The lowest BCUT2D eigenvalue weighted by Crippen LogP contribution is -2.25. The molecule has 1 aromatic rings. The minimum atomic E-state index is -0.188. The van der Waals surface area contributed by atoms with Crippen molar-refractivity contribution in [2.75, 3.05) is 38.3 Å². The first-order valence-electron chi connectivity index (χ1n) is 7.69.